The molecule has 0 aliphatic carbocycles. The van der Waals surface area contributed by atoms with E-state index in [0.29, 0.717) is 12.0 Å². The predicted molar refractivity (Wildman–Crippen MR) is 70.8 cm³/mol. The molecule has 3 atom stereocenters. The normalized spacial score (nSPS) is 26.9. The van der Waals surface area contributed by atoms with Gasteiger partial charge in [0, 0.05) is 17.5 Å². The van der Waals surface area contributed by atoms with Gasteiger partial charge in [-0.05, 0) is 37.1 Å². The molecule has 1 aliphatic rings. The highest BCUT2D eigenvalue weighted by Gasteiger charge is 2.30. The van der Waals surface area contributed by atoms with Gasteiger partial charge in [-0.15, -0.1) is 11.3 Å². The zero-order valence-electron chi connectivity index (χ0n) is 10.4. The minimum Gasteiger partial charge on any atom is -0.338 e. The summed E-state index contributed by atoms with van der Waals surface area (Å²) in [6, 6.07) is 3.71. The van der Waals surface area contributed by atoms with E-state index in [0.717, 1.165) is 24.3 Å². The van der Waals surface area contributed by atoms with Crippen LogP contribution in [0.3, 0.4) is 0 Å². The van der Waals surface area contributed by atoms with Crippen molar-refractivity contribution in [2.75, 3.05) is 6.54 Å². The van der Waals surface area contributed by atoms with Crippen LogP contribution in [0, 0.1) is 5.92 Å². The number of piperidine rings is 1. The molecule has 2 rings (SSSR count). The first-order valence-electron chi connectivity index (χ1n) is 6.19. The van der Waals surface area contributed by atoms with Gasteiger partial charge in [-0.1, -0.05) is 13.0 Å². The van der Waals surface area contributed by atoms with Crippen molar-refractivity contribution >= 4 is 17.2 Å². The van der Waals surface area contributed by atoms with E-state index in [-0.39, 0.29) is 5.91 Å². The minimum absolute atomic E-state index is 0.0758. The van der Waals surface area contributed by atoms with E-state index >= 15 is 0 Å². The molecule has 0 bridgehead atoms. The van der Waals surface area contributed by atoms with E-state index in [2.05, 4.69) is 13.8 Å². The summed E-state index contributed by atoms with van der Waals surface area (Å²) < 4.78 is 0. The maximum absolute atomic E-state index is 12.3. The van der Waals surface area contributed by atoms with Crippen LogP contribution >= 0.6 is 11.3 Å². The minimum atomic E-state index is -0.481. The lowest BCUT2D eigenvalue weighted by molar-refractivity contribution is -0.136. The number of amides is 1. The van der Waals surface area contributed by atoms with Gasteiger partial charge in [-0.2, -0.15) is 0 Å². The molecule has 1 aliphatic heterocycles. The van der Waals surface area contributed by atoms with Crippen molar-refractivity contribution in [3.63, 3.8) is 0 Å². The van der Waals surface area contributed by atoms with E-state index in [4.69, 9.17) is 5.73 Å². The van der Waals surface area contributed by atoms with Crippen molar-refractivity contribution in [3.8, 4) is 0 Å². The second-order valence-corrected chi connectivity index (χ2v) is 5.98. The summed E-state index contributed by atoms with van der Waals surface area (Å²) in [5.74, 6) is 0.791. The Kier molecular flexibility index (Phi) is 3.84. The van der Waals surface area contributed by atoms with Gasteiger partial charge in [0.1, 0.15) is 6.04 Å². The maximum atomic E-state index is 12.3. The largest absolute Gasteiger partial charge is 0.338 e. The van der Waals surface area contributed by atoms with Crippen molar-refractivity contribution < 1.29 is 4.79 Å². The molecule has 1 aromatic heterocycles. The predicted octanol–water partition coefficient (Wildman–Crippen LogP) is 2.39. The van der Waals surface area contributed by atoms with Gasteiger partial charge in [0.05, 0.1) is 0 Å². The zero-order chi connectivity index (χ0) is 12.4. The van der Waals surface area contributed by atoms with Crippen molar-refractivity contribution in [3.05, 3.63) is 22.4 Å². The number of rotatable bonds is 2. The van der Waals surface area contributed by atoms with Gasteiger partial charge in [0.2, 0.25) is 5.91 Å². The Morgan fingerprint density at radius 1 is 1.59 bits per heavy atom. The van der Waals surface area contributed by atoms with Gasteiger partial charge in [-0.3, -0.25) is 4.79 Å². The van der Waals surface area contributed by atoms with Crippen LogP contribution in [-0.2, 0) is 4.79 Å². The van der Waals surface area contributed by atoms with Crippen LogP contribution in [0.15, 0.2) is 17.5 Å². The van der Waals surface area contributed by atoms with Crippen LogP contribution in [0.2, 0.25) is 0 Å². The summed E-state index contributed by atoms with van der Waals surface area (Å²) in [5, 5.41) is 1.96. The van der Waals surface area contributed by atoms with E-state index in [9.17, 15) is 4.79 Å². The highest BCUT2D eigenvalue weighted by atomic mass is 32.1. The Labute approximate surface area is 107 Å². The molecule has 0 spiro atoms. The second kappa shape index (κ2) is 5.19. The number of carbonyl (C=O) groups excluding carboxylic acids is 1. The Morgan fingerprint density at radius 3 is 2.94 bits per heavy atom. The fourth-order valence-electron chi connectivity index (χ4n) is 2.50. The molecule has 2 N–H and O–H groups in total. The van der Waals surface area contributed by atoms with Crippen LogP contribution < -0.4 is 5.73 Å². The highest BCUT2D eigenvalue weighted by molar-refractivity contribution is 7.10. The molecule has 0 aromatic carbocycles. The summed E-state index contributed by atoms with van der Waals surface area (Å²) >= 11 is 1.55. The summed E-state index contributed by atoms with van der Waals surface area (Å²) in [6.45, 7) is 5.21. The molecule has 1 amide bonds. The number of hydrogen-bond donors (Lipinski definition) is 1. The van der Waals surface area contributed by atoms with Crippen molar-refractivity contribution in [2.45, 2.75) is 38.8 Å². The van der Waals surface area contributed by atoms with Gasteiger partial charge in [0.25, 0.3) is 0 Å². The molecule has 1 saturated heterocycles. The number of nitrogens with two attached hydrogens (primary N) is 1. The summed E-state index contributed by atoms with van der Waals surface area (Å²) in [6.07, 6.45) is 2.18. The van der Waals surface area contributed by atoms with Crippen LogP contribution in [0.4, 0.5) is 0 Å². The lowest BCUT2D eigenvalue weighted by Crippen LogP contribution is -2.47. The third-order valence-electron chi connectivity index (χ3n) is 3.54. The van der Waals surface area contributed by atoms with Gasteiger partial charge >= 0.3 is 0 Å². The first kappa shape index (κ1) is 12.6. The molecule has 1 aromatic rings. The average molecular weight is 252 g/mol. The summed E-state index contributed by atoms with van der Waals surface area (Å²) in [4.78, 5) is 15.2. The fourth-order valence-corrected chi connectivity index (χ4v) is 3.22. The Morgan fingerprint density at radius 2 is 2.35 bits per heavy atom. The maximum Gasteiger partial charge on any atom is 0.245 e. The summed E-state index contributed by atoms with van der Waals surface area (Å²) in [5.41, 5.74) is 6.03. The Hall–Kier alpha value is -0.870. The van der Waals surface area contributed by atoms with E-state index in [1.807, 2.05) is 22.4 Å². The summed E-state index contributed by atoms with van der Waals surface area (Å²) in [7, 11) is 0. The topological polar surface area (TPSA) is 46.3 Å². The number of nitrogens with zero attached hydrogens (tertiary/aromatic N) is 1. The van der Waals surface area contributed by atoms with E-state index < -0.39 is 6.04 Å². The standard InChI is InChI=1S/C13H20N2OS/c1-9-5-6-15(10(2)8-9)13(16)12(14)11-4-3-7-17-11/h3-4,7,9-10,12H,5-6,8,14H2,1-2H3. The Balaban J connectivity index is 2.05. The number of thiophene rings is 1. The molecule has 1 fully saturated rings. The molecule has 17 heavy (non-hydrogen) atoms. The van der Waals surface area contributed by atoms with Crippen molar-refractivity contribution in [1.29, 1.82) is 0 Å². The Bertz CT molecular complexity index is 377. The van der Waals surface area contributed by atoms with Crippen LogP contribution in [0.25, 0.3) is 0 Å². The molecular formula is C13H20N2OS. The average Bonchev–Trinajstić information content (AvgIpc) is 2.80. The molecule has 0 radical (unpaired) electrons. The van der Waals surface area contributed by atoms with E-state index in [1.165, 1.54) is 0 Å². The second-order valence-electron chi connectivity index (χ2n) is 5.00. The monoisotopic (exact) mass is 252 g/mol. The van der Waals surface area contributed by atoms with E-state index in [1.54, 1.807) is 11.3 Å². The molecule has 4 heteroatoms. The number of carbonyl (C=O) groups is 1. The highest BCUT2D eigenvalue weighted by Crippen LogP contribution is 2.26. The van der Waals surface area contributed by atoms with Gasteiger partial charge in [-0.25, -0.2) is 0 Å². The van der Waals surface area contributed by atoms with Gasteiger partial charge < -0.3 is 10.6 Å². The fraction of sp³-hybridized carbons (Fsp3) is 0.615. The number of hydrogen-bond acceptors (Lipinski definition) is 3. The molecule has 94 valence electrons. The SMILES string of the molecule is CC1CCN(C(=O)C(N)c2cccs2)C(C)C1. The zero-order valence-corrected chi connectivity index (χ0v) is 11.2. The van der Waals surface area contributed by atoms with Gasteiger partial charge in [0.15, 0.2) is 0 Å². The molecule has 3 unspecified atom stereocenters. The van der Waals surface area contributed by atoms with Crippen LogP contribution in [0.1, 0.15) is 37.6 Å². The van der Waals surface area contributed by atoms with Crippen molar-refractivity contribution in [1.82, 2.24) is 4.90 Å². The lowest BCUT2D eigenvalue weighted by atomic mass is 9.93. The lowest BCUT2D eigenvalue weighted by Gasteiger charge is -2.37. The number of likely N-dealkylation sites (tertiary alicyclic amines) is 1. The molecule has 3 nitrogen and oxygen atoms in total. The molecular weight excluding hydrogens is 232 g/mol. The smallest absolute Gasteiger partial charge is 0.245 e. The molecule has 0 saturated carbocycles. The first-order valence-corrected chi connectivity index (χ1v) is 7.07. The van der Waals surface area contributed by atoms with Crippen LogP contribution in [-0.4, -0.2) is 23.4 Å². The third kappa shape index (κ3) is 2.69. The quantitative estimate of drug-likeness (QED) is 0.878. The van der Waals surface area contributed by atoms with Crippen LogP contribution in [0.5, 0.6) is 0 Å². The first-order chi connectivity index (χ1) is 8.09. The third-order valence-corrected chi connectivity index (χ3v) is 4.49. The molecule has 2 heterocycles. The van der Waals surface area contributed by atoms with Crippen molar-refractivity contribution in [2.24, 2.45) is 11.7 Å².